The van der Waals surface area contributed by atoms with Crippen LogP contribution in [-0.2, 0) is 14.8 Å². The molecule has 1 N–H and O–H groups in total. The Labute approximate surface area is 192 Å². The second-order valence-electron chi connectivity index (χ2n) is 7.56. The van der Waals surface area contributed by atoms with Crippen molar-refractivity contribution in [3.63, 3.8) is 0 Å². The number of hydrogen-bond acceptors (Lipinski definition) is 3. The zero-order chi connectivity index (χ0) is 22.8. The number of benzene rings is 3. The van der Waals surface area contributed by atoms with Gasteiger partial charge in [-0.25, -0.2) is 8.42 Å². The average Bonchev–Trinajstić information content (AvgIpc) is 2.71. The van der Waals surface area contributed by atoms with Gasteiger partial charge in [-0.05, 0) is 80.8 Å². The fraction of sp³-hybridized carbons (Fsp3) is 0.208. The number of nitrogens with zero attached hydrogens (tertiary/aromatic N) is 1. The minimum atomic E-state index is -3.95. The number of sulfonamides is 1. The van der Waals surface area contributed by atoms with Crippen molar-refractivity contribution in [2.45, 2.75) is 32.6 Å². The highest BCUT2D eigenvalue weighted by Crippen LogP contribution is 2.29. The van der Waals surface area contributed by atoms with Crippen molar-refractivity contribution in [3.8, 4) is 0 Å². The molecule has 0 fully saturated rings. The zero-order valence-electron chi connectivity index (χ0n) is 17.9. The van der Waals surface area contributed by atoms with E-state index in [0.717, 1.165) is 26.7 Å². The van der Waals surface area contributed by atoms with Crippen molar-refractivity contribution in [1.82, 2.24) is 0 Å². The number of rotatable bonds is 6. The normalized spacial score (nSPS) is 11.3. The lowest BCUT2D eigenvalue weighted by atomic mass is 10.1. The number of nitrogens with one attached hydrogen (secondary N) is 1. The third-order valence-electron chi connectivity index (χ3n) is 5.18. The van der Waals surface area contributed by atoms with Crippen LogP contribution in [0.25, 0.3) is 0 Å². The average molecular weight is 501 g/mol. The van der Waals surface area contributed by atoms with Crippen LogP contribution < -0.4 is 9.62 Å². The van der Waals surface area contributed by atoms with Crippen LogP contribution in [0.2, 0.25) is 0 Å². The number of carbonyl (C=O) groups is 1. The Balaban J connectivity index is 1.99. The van der Waals surface area contributed by atoms with E-state index in [9.17, 15) is 13.2 Å². The largest absolute Gasteiger partial charge is 0.325 e. The molecule has 0 aliphatic heterocycles. The first kappa shape index (κ1) is 23.0. The summed E-state index contributed by atoms with van der Waals surface area (Å²) in [6, 6.07) is 17.5. The molecule has 0 bridgehead atoms. The van der Waals surface area contributed by atoms with Crippen molar-refractivity contribution in [2.24, 2.45) is 0 Å². The SMILES string of the molecule is Cc1ccc(S(=O)(=O)N(CC(=O)Nc2ccc(Br)c(C)c2)c2cccc(C)c2C)cc1. The number of anilines is 2. The number of aryl methyl sites for hydroxylation is 3. The van der Waals surface area contributed by atoms with Gasteiger partial charge in [0.2, 0.25) is 5.91 Å². The first-order valence-corrected chi connectivity index (χ1v) is 12.0. The molecular weight excluding hydrogens is 476 g/mol. The van der Waals surface area contributed by atoms with E-state index < -0.39 is 15.9 Å². The molecule has 1 amide bonds. The first-order chi connectivity index (χ1) is 14.6. The molecule has 7 heteroatoms. The topological polar surface area (TPSA) is 66.5 Å². The summed E-state index contributed by atoms with van der Waals surface area (Å²) in [5, 5.41) is 2.81. The van der Waals surface area contributed by atoms with E-state index >= 15 is 0 Å². The van der Waals surface area contributed by atoms with Crippen LogP contribution in [0.1, 0.15) is 22.3 Å². The third kappa shape index (κ3) is 5.17. The van der Waals surface area contributed by atoms with Crippen LogP contribution in [0.4, 0.5) is 11.4 Å². The minimum Gasteiger partial charge on any atom is -0.325 e. The molecular formula is C24H25BrN2O3S. The van der Waals surface area contributed by atoms with Gasteiger partial charge in [-0.3, -0.25) is 9.10 Å². The van der Waals surface area contributed by atoms with Gasteiger partial charge in [0.15, 0.2) is 0 Å². The number of carbonyl (C=O) groups excluding carboxylic acids is 1. The molecule has 0 saturated carbocycles. The number of hydrogen-bond donors (Lipinski definition) is 1. The molecule has 3 aromatic rings. The standard InChI is InChI=1S/C24H25BrN2O3S/c1-16-8-11-21(12-9-16)31(29,30)27(23-7-5-6-17(2)19(23)4)15-24(28)26-20-10-13-22(25)18(3)14-20/h5-14H,15H2,1-4H3,(H,26,28). The van der Waals surface area contributed by atoms with Crippen molar-refractivity contribution in [2.75, 3.05) is 16.2 Å². The fourth-order valence-corrected chi connectivity index (χ4v) is 4.92. The van der Waals surface area contributed by atoms with Crippen molar-refractivity contribution in [1.29, 1.82) is 0 Å². The summed E-state index contributed by atoms with van der Waals surface area (Å²) >= 11 is 3.44. The predicted molar refractivity (Wildman–Crippen MR) is 129 cm³/mol. The van der Waals surface area contributed by atoms with Gasteiger partial charge in [0.1, 0.15) is 6.54 Å². The Kier molecular flexibility index (Phi) is 6.86. The van der Waals surface area contributed by atoms with Crippen LogP contribution in [0.3, 0.4) is 0 Å². The van der Waals surface area contributed by atoms with E-state index in [1.54, 1.807) is 42.5 Å². The summed E-state index contributed by atoms with van der Waals surface area (Å²) in [6.45, 7) is 7.25. The van der Waals surface area contributed by atoms with Gasteiger partial charge in [0.05, 0.1) is 10.6 Å². The van der Waals surface area contributed by atoms with E-state index in [0.29, 0.717) is 11.4 Å². The van der Waals surface area contributed by atoms with Gasteiger partial charge in [0.25, 0.3) is 10.0 Å². The molecule has 31 heavy (non-hydrogen) atoms. The summed E-state index contributed by atoms with van der Waals surface area (Å²) in [5.41, 5.74) is 4.79. The maximum absolute atomic E-state index is 13.5. The van der Waals surface area contributed by atoms with E-state index in [1.165, 1.54) is 4.31 Å². The monoisotopic (exact) mass is 500 g/mol. The van der Waals surface area contributed by atoms with E-state index in [2.05, 4.69) is 21.2 Å². The summed E-state index contributed by atoms with van der Waals surface area (Å²) in [5.74, 6) is -0.418. The molecule has 0 aromatic heterocycles. The van der Waals surface area contributed by atoms with Crippen LogP contribution in [0, 0.1) is 27.7 Å². The second kappa shape index (κ2) is 9.24. The smallest absolute Gasteiger partial charge is 0.264 e. The Morgan fingerprint density at radius 1 is 0.935 bits per heavy atom. The van der Waals surface area contributed by atoms with E-state index in [-0.39, 0.29) is 11.4 Å². The second-order valence-corrected chi connectivity index (χ2v) is 10.3. The lowest BCUT2D eigenvalue weighted by Gasteiger charge is -2.26. The molecule has 3 rings (SSSR count). The van der Waals surface area contributed by atoms with Crippen molar-refractivity contribution >= 4 is 43.2 Å². The summed E-state index contributed by atoms with van der Waals surface area (Å²) in [7, 11) is -3.95. The van der Waals surface area contributed by atoms with Crippen LogP contribution in [0.5, 0.6) is 0 Å². The lowest BCUT2D eigenvalue weighted by Crippen LogP contribution is -2.38. The molecule has 3 aromatic carbocycles. The Hall–Kier alpha value is -2.64. The van der Waals surface area contributed by atoms with E-state index in [4.69, 9.17) is 0 Å². The zero-order valence-corrected chi connectivity index (χ0v) is 20.3. The highest BCUT2D eigenvalue weighted by Gasteiger charge is 2.28. The van der Waals surface area contributed by atoms with Gasteiger partial charge in [-0.15, -0.1) is 0 Å². The van der Waals surface area contributed by atoms with Gasteiger partial charge in [-0.1, -0.05) is 45.8 Å². The molecule has 0 radical (unpaired) electrons. The molecule has 162 valence electrons. The molecule has 0 heterocycles. The molecule has 0 aliphatic carbocycles. The first-order valence-electron chi connectivity index (χ1n) is 9.81. The molecule has 5 nitrogen and oxygen atoms in total. The van der Waals surface area contributed by atoms with Gasteiger partial charge >= 0.3 is 0 Å². The van der Waals surface area contributed by atoms with Crippen LogP contribution >= 0.6 is 15.9 Å². The number of halogens is 1. The maximum Gasteiger partial charge on any atom is 0.264 e. The van der Waals surface area contributed by atoms with E-state index in [1.807, 2.05) is 45.9 Å². The molecule has 0 saturated heterocycles. The number of amides is 1. The van der Waals surface area contributed by atoms with Gasteiger partial charge < -0.3 is 5.32 Å². The quantitative estimate of drug-likeness (QED) is 0.484. The van der Waals surface area contributed by atoms with Crippen molar-refractivity contribution < 1.29 is 13.2 Å². The maximum atomic E-state index is 13.5. The third-order valence-corrected chi connectivity index (χ3v) is 7.85. The molecule has 0 aliphatic rings. The van der Waals surface area contributed by atoms with Crippen LogP contribution in [-0.4, -0.2) is 20.9 Å². The van der Waals surface area contributed by atoms with Gasteiger partial charge in [-0.2, -0.15) is 0 Å². The van der Waals surface area contributed by atoms with Crippen molar-refractivity contribution in [3.05, 3.63) is 87.4 Å². The summed E-state index contributed by atoms with van der Waals surface area (Å²) in [6.07, 6.45) is 0. The Bertz CT molecular complexity index is 1220. The Morgan fingerprint density at radius 3 is 2.26 bits per heavy atom. The molecule has 0 unspecified atom stereocenters. The lowest BCUT2D eigenvalue weighted by molar-refractivity contribution is -0.114. The van der Waals surface area contributed by atoms with Gasteiger partial charge in [0, 0.05) is 10.2 Å². The highest BCUT2D eigenvalue weighted by atomic mass is 79.9. The highest BCUT2D eigenvalue weighted by molar-refractivity contribution is 9.10. The fourth-order valence-electron chi connectivity index (χ4n) is 3.20. The Morgan fingerprint density at radius 2 is 1.61 bits per heavy atom. The summed E-state index contributed by atoms with van der Waals surface area (Å²) in [4.78, 5) is 13.0. The van der Waals surface area contributed by atoms with Crippen LogP contribution in [0.15, 0.2) is 70.0 Å². The molecule has 0 spiro atoms. The summed E-state index contributed by atoms with van der Waals surface area (Å²) < 4.78 is 29.2. The predicted octanol–water partition coefficient (Wildman–Crippen LogP) is 5.52. The molecule has 0 atom stereocenters. The minimum absolute atomic E-state index is 0.145.